The van der Waals surface area contributed by atoms with Gasteiger partial charge in [0.1, 0.15) is 0 Å². The van der Waals surface area contributed by atoms with E-state index in [2.05, 4.69) is 18.6 Å². The third kappa shape index (κ3) is 4.77. The second-order valence-corrected chi connectivity index (χ2v) is 7.05. The monoisotopic (exact) mass is 319 g/mol. The van der Waals surface area contributed by atoms with Crippen molar-refractivity contribution in [1.82, 2.24) is 4.72 Å². The van der Waals surface area contributed by atoms with Gasteiger partial charge in [0.15, 0.2) is 0 Å². The summed E-state index contributed by atoms with van der Waals surface area (Å²) in [5.74, 6) is -0.673. The minimum absolute atomic E-state index is 0.0305. The van der Waals surface area contributed by atoms with Crippen LogP contribution in [0.4, 0.5) is 0 Å². The summed E-state index contributed by atoms with van der Waals surface area (Å²) < 4.78 is 26.5. The van der Waals surface area contributed by atoms with Crippen molar-refractivity contribution in [1.29, 1.82) is 0 Å². The predicted octanol–water partition coefficient (Wildman–Crippen LogP) is 2.75. The Morgan fingerprint density at radius 3 is 2.55 bits per heavy atom. The third-order valence-corrected chi connectivity index (χ3v) is 4.50. The fraction of sp³-hybridized carbons (Fsp3) is 0.462. The first-order valence-corrected chi connectivity index (χ1v) is 8.12. The van der Waals surface area contributed by atoms with Gasteiger partial charge in [-0.25, -0.2) is 17.9 Å². The van der Waals surface area contributed by atoms with Gasteiger partial charge in [-0.15, -0.1) is 0 Å². The van der Waals surface area contributed by atoms with Crippen molar-refractivity contribution in [3.8, 4) is 0 Å². The van der Waals surface area contributed by atoms with Gasteiger partial charge in [-0.3, -0.25) is 0 Å². The maximum Gasteiger partial charge on any atom is 0.337 e. The van der Waals surface area contributed by atoms with Crippen LogP contribution in [0.5, 0.6) is 0 Å². The highest BCUT2D eigenvalue weighted by Crippen LogP contribution is 2.20. The summed E-state index contributed by atoms with van der Waals surface area (Å²) in [5, 5.41) is 8.74. The molecule has 0 bridgehead atoms. The Labute approximate surface area is 124 Å². The van der Waals surface area contributed by atoms with Crippen molar-refractivity contribution < 1.29 is 18.3 Å². The van der Waals surface area contributed by atoms with Crippen LogP contribution < -0.4 is 4.72 Å². The van der Waals surface area contributed by atoms with Gasteiger partial charge >= 0.3 is 5.97 Å². The van der Waals surface area contributed by atoms with Crippen LogP contribution >= 0.6 is 11.6 Å². The maximum absolute atomic E-state index is 12.0. The topological polar surface area (TPSA) is 83.5 Å². The van der Waals surface area contributed by atoms with Crippen LogP contribution in [0.2, 0.25) is 5.02 Å². The Morgan fingerprint density at radius 2 is 2.05 bits per heavy atom. The third-order valence-electron chi connectivity index (χ3n) is 2.73. The quantitative estimate of drug-likeness (QED) is 0.757. The van der Waals surface area contributed by atoms with Crippen molar-refractivity contribution in [2.45, 2.75) is 31.6 Å². The molecule has 0 unspecified atom stereocenters. The number of aromatic carboxylic acids is 1. The van der Waals surface area contributed by atoms with E-state index in [0.717, 1.165) is 18.9 Å². The number of hydrogen-bond acceptors (Lipinski definition) is 3. The molecule has 0 saturated carbocycles. The van der Waals surface area contributed by atoms with Gasteiger partial charge in [-0.2, -0.15) is 0 Å². The standard InChI is InChI=1S/C13H18ClNO4S/c1-9(2)4-3-7-15-20(18,19)10-5-6-11(13(16)17)12(14)8-10/h5-6,8-9,15H,3-4,7H2,1-2H3,(H,16,17). The Morgan fingerprint density at radius 1 is 1.40 bits per heavy atom. The van der Waals surface area contributed by atoms with E-state index >= 15 is 0 Å². The highest BCUT2D eigenvalue weighted by molar-refractivity contribution is 7.89. The molecule has 7 heteroatoms. The Bertz CT molecular complexity index is 584. The molecular weight excluding hydrogens is 302 g/mol. The average molecular weight is 320 g/mol. The first-order valence-electron chi connectivity index (χ1n) is 6.26. The Kier molecular flexibility index (Phi) is 5.98. The molecule has 0 fully saturated rings. The van der Waals surface area contributed by atoms with Crippen LogP contribution in [0.15, 0.2) is 23.1 Å². The van der Waals surface area contributed by atoms with E-state index < -0.39 is 16.0 Å². The second kappa shape index (κ2) is 7.06. The van der Waals surface area contributed by atoms with Crippen LogP contribution in [-0.2, 0) is 10.0 Å². The van der Waals surface area contributed by atoms with E-state index in [0.29, 0.717) is 12.5 Å². The summed E-state index contributed by atoms with van der Waals surface area (Å²) in [7, 11) is -3.65. The first-order chi connectivity index (χ1) is 9.24. The number of carbonyl (C=O) groups is 1. The molecule has 0 aromatic heterocycles. The highest BCUT2D eigenvalue weighted by Gasteiger charge is 2.17. The second-order valence-electron chi connectivity index (χ2n) is 4.88. The lowest BCUT2D eigenvalue weighted by Crippen LogP contribution is -2.25. The van der Waals surface area contributed by atoms with E-state index in [1.807, 2.05) is 0 Å². The fourth-order valence-corrected chi connectivity index (χ4v) is 3.06. The van der Waals surface area contributed by atoms with Crippen LogP contribution in [0, 0.1) is 5.92 Å². The molecule has 0 aliphatic heterocycles. The zero-order valence-corrected chi connectivity index (χ0v) is 13.0. The zero-order valence-electron chi connectivity index (χ0n) is 11.4. The lowest BCUT2D eigenvalue weighted by molar-refractivity contribution is 0.0697. The number of rotatable bonds is 7. The minimum atomic E-state index is -3.65. The van der Waals surface area contributed by atoms with E-state index in [1.165, 1.54) is 12.1 Å². The summed E-state index contributed by atoms with van der Waals surface area (Å²) in [4.78, 5) is 10.8. The lowest BCUT2D eigenvalue weighted by atomic mass is 10.1. The number of hydrogen-bond donors (Lipinski definition) is 2. The van der Waals surface area contributed by atoms with Gasteiger partial charge in [0.2, 0.25) is 10.0 Å². The smallest absolute Gasteiger partial charge is 0.337 e. The summed E-state index contributed by atoms with van der Waals surface area (Å²) in [6.07, 6.45) is 1.68. The van der Waals surface area contributed by atoms with Crippen molar-refractivity contribution in [3.05, 3.63) is 28.8 Å². The molecule has 0 atom stereocenters. The van der Waals surface area contributed by atoms with Crippen molar-refractivity contribution in [3.63, 3.8) is 0 Å². The van der Waals surface area contributed by atoms with E-state index in [-0.39, 0.29) is 15.5 Å². The molecule has 0 heterocycles. The molecule has 112 valence electrons. The molecule has 20 heavy (non-hydrogen) atoms. The molecule has 0 saturated heterocycles. The van der Waals surface area contributed by atoms with Crippen LogP contribution in [0.3, 0.4) is 0 Å². The molecule has 0 aliphatic carbocycles. The predicted molar refractivity (Wildman–Crippen MR) is 77.7 cm³/mol. The van der Waals surface area contributed by atoms with Gasteiger partial charge in [0.25, 0.3) is 0 Å². The highest BCUT2D eigenvalue weighted by atomic mass is 35.5. The number of carboxylic acids is 1. The van der Waals surface area contributed by atoms with Gasteiger partial charge in [-0.1, -0.05) is 25.4 Å². The molecule has 0 aliphatic rings. The number of nitrogens with one attached hydrogen (secondary N) is 1. The Balaban J connectivity index is 2.78. The van der Waals surface area contributed by atoms with Crippen molar-refractivity contribution in [2.75, 3.05) is 6.54 Å². The normalized spacial score (nSPS) is 11.8. The molecule has 5 nitrogen and oxygen atoms in total. The van der Waals surface area contributed by atoms with Gasteiger partial charge in [0.05, 0.1) is 15.5 Å². The van der Waals surface area contributed by atoms with Crippen molar-refractivity contribution >= 4 is 27.6 Å². The van der Waals surface area contributed by atoms with E-state index in [4.69, 9.17) is 16.7 Å². The average Bonchev–Trinajstić information content (AvgIpc) is 2.34. The summed E-state index contributed by atoms with van der Waals surface area (Å²) in [5.41, 5.74) is -0.120. The summed E-state index contributed by atoms with van der Waals surface area (Å²) >= 11 is 5.76. The van der Waals surface area contributed by atoms with E-state index in [1.54, 1.807) is 0 Å². The van der Waals surface area contributed by atoms with Gasteiger partial charge in [-0.05, 0) is 37.0 Å². The molecule has 0 radical (unpaired) electrons. The largest absolute Gasteiger partial charge is 0.478 e. The van der Waals surface area contributed by atoms with Gasteiger partial charge < -0.3 is 5.11 Å². The first kappa shape index (κ1) is 16.9. The minimum Gasteiger partial charge on any atom is -0.478 e. The summed E-state index contributed by atoms with van der Waals surface area (Å²) in [6, 6.07) is 3.57. The molecule has 0 amide bonds. The van der Waals surface area contributed by atoms with Crippen LogP contribution in [0.1, 0.15) is 37.0 Å². The van der Waals surface area contributed by atoms with Crippen LogP contribution in [0.25, 0.3) is 0 Å². The molecule has 1 rings (SSSR count). The zero-order chi connectivity index (χ0) is 15.3. The molecule has 1 aromatic carbocycles. The Hall–Kier alpha value is -1.11. The number of halogens is 1. The summed E-state index contributed by atoms with van der Waals surface area (Å²) in [6.45, 7) is 4.48. The van der Waals surface area contributed by atoms with Crippen molar-refractivity contribution in [2.24, 2.45) is 5.92 Å². The fourth-order valence-electron chi connectivity index (χ4n) is 1.64. The SMILES string of the molecule is CC(C)CCCNS(=O)(=O)c1ccc(C(=O)O)c(Cl)c1. The van der Waals surface area contributed by atoms with Gasteiger partial charge in [0, 0.05) is 6.54 Å². The molecule has 0 spiro atoms. The lowest BCUT2D eigenvalue weighted by Gasteiger charge is -2.09. The number of benzene rings is 1. The number of sulfonamides is 1. The van der Waals surface area contributed by atoms with E-state index in [9.17, 15) is 13.2 Å². The maximum atomic E-state index is 12.0. The molecular formula is C13H18ClNO4S. The molecule has 2 N–H and O–H groups in total. The van der Waals surface area contributed by atoms with Crippen LogP contribution in [-0.4, -0.2) is 26.0 Å². The molecule has 1 aromatic rings. The number of carboxylic acid groups (broad SMARTS) is 1.